The van der Waals surface area contributed by atoms with Crippen LogP contribution in [0.4, 0.5) is 0 Å². The van der Waals surface area contributed by atoms with Crippen LogP contribution in [0.1, 0.15) is 51.4 Å². The van der Waals surface area contributed by atoms with Crippen molar-refractivity contribution >= 4 is 11.8 Å². The maximum atomic E-state index is 4.89. The molecule has 2 saturated heterocycles. The molecule has 2 aromatic heterocycles. The highest BCUT2D eigenvalue weighted by atomic mass is 32.2. The number of aryl methyl sites for hydroxylation is 1. The lowest BCUT2D eigenvalue weighted by Gasteiger charge is -2.26. The van der Waals surface area contributed by atoms with Crippen molar-refractivity contribution in [2.75, 3.05) is 45.0 Å². The average Bonchev–Trinajstić information content (AvgIpc) is 3.22. The lowest BCUT2D eigenvalue weighted by atomic mass is 10.1. The summed E-state index contributed by atoms with van der Waals surface area (Å²) in [7, 11) is 0. The van der Waals surface area contributed by atoms with Crippen LogP contribution in [0.5, 0.6) is 0 Å². The van der Waals surface area contributed by atoms with Gasteiger partial charge in [0.1, 0.15) is 0 Å². The smallest absolute Gasteiger partial charge is 0.208 e. The first kappa shape index (κ1) is 21.8. The number of nitrogens with zero attached hydrogens (tertiary/aromatic N) is 6. The van der Waals surface area contributed by atoms with Crippen molar-refractivity contribution in [3.8, 4) is 11.4 Å². The van der Waals surface area contributed by atoms with E-state index in [1.807, 2.05) is 24.5 Å². The van der Waals surface area contributed by atoms with Crippen molar-refractivity contribution in [3.05, 3.63) is 24.5 Å². The van der Waals surface area contributed by atoms with Gasteiger partial charge in [0.05, 0.1) is 0 Å². The van der Waals surface area contributed by atoms with Crippen LogP contribution in [0.3, 0.4) is 0 Å². The Morgan fingerprint density at radius 1 is 0.767 bits per heavy atom. The second-order valence-electron chi connectivity index (χ2n) is 8.54. The highest BCUT2D eigenvalue weighted by Crippen LogP contribution is 2.23. The third kappa shape index (κ3) is 6.53. The van der Waals surface area contributed by atoms with E-state index < -0.39 is 0 Å². The molecule has 0 amide bonds. The predicted octanol–water partition coefficient (Wildman–Crippen LogP) is 4.18. The molecule has 2 aromatic rings. The molecule has 4 rings (SSSR count). The molecule has 6 nitrogen and oxygen atoms in total. The molecule has 7 heteroatoms. The van der Waals surface area contributed by atoms with Gasteiger partial charge in [0.25, 0.3) is 0 Å². The fourth-order valence-corrected chi connectivity index (χ4v) is 5.28. The molecule has 2 aliphatic rings. The molecule has 0 aromatic carbocycles. The number of hydrogen-bond donors (Lipinski definition) is 0. The summed E-state index contributed by atoms with van der Waals surface area (Å²) >= 11 is 1.80. The molecular formula is C23H36N6S. The van der Waals surface area contributed by atoms with Gasteiger partial charge in [0.15, 0.2) is 5.82 Å². The molecule has 0 saturated carbocycles. The number of hydrogen-bond acceptors (Lipinski definition) is 6. The zero-order valence-electron chi connectivity index (χ0n) is 18.2. The van der Waals surface area contributed by atoms with Gasteiger partial charge >= 0.3 is 0 Å². The van der Waals surface area contributed by atoms with Gasteiger partial charge in [-0.25, -0.2) is 9.67 Å². The predicted molar refractivity (Wildman–Crippen MR) is 124 cm³/mol. The fraction of sp³-hybridized carbons (Fsp3) is 0.696. The van der Waals surface area contributed by atoms with Crippen molar-refractivity contribution in [1.82, 2.24) is 29.5 Å². The second-order valence-corrected chi connectivity index (χ2v) is 9.60. The van der Waals surface area contributed by atoms with E-state index >= 15 is 0 Å². The van der Waals surface area contributed by atoms with E-state index in [0.29, 0.717) is 0 Å². The number of aromatic nitrogens is 4. The van der Waals surface area contributed by atoms with E-state index in [9.17, 15) is 0 Å². The monoisotopic (exact) mass is 428 g/mol. The average molecular weight is 429 g/mol. The van der Waals surface area contributed by atoms with Gasteiger partial charge < -0.3 is 9.80 Å². The van der Waals surface area contributed by atoms with Gasteiger partial charge in [0.2, 0.25) is 5.16 Å². The summed E-state index contributed by atoms with van der Waals surface area (Å²) < 4.78 is 2.12. The molecule has 2 fully saturated rings. The zero-order valence-corrected chi connectivity index (χ0v) is 19.0. The van der Waals surface area contributed by atoms with Crippen LogP contribution in [0.2, 0.25) is 0 Å². The lowest BCUT2D eigenvalue weighted by molar-refractivity contribution is 0.222. The Morgan fingerprint density at radius 2 is 1.40 bits per heavy atom. The standard InChI is InChI=1S/C23H36N6S/c1-3-13-27(14-4-1)17-7-19-29-22(21-9-11-24-12-10-21)25-23(26-29)30-20-8-18-28-15-5-2-6-16-28/h9-12H,1-8,13-20H2. The zero-order chi connectivity index (χ0) is 20.4. The Balaban J connectivity index is 1.31. The number of rotatable bonds is 10. The quantitative estimate of drug-likeness (QED) is 0.418. The Kier molecular flexibility index (Phi) is 8.58. The van der Waals surface area contributed by atoms with E-state index in [1.54, 1.807) is 11.8 Å². The van der Waals surface area contributed by atoms with E-state index in [0.717, 1.165) is 41.8 Å². The third-order valence-corrected chi connectivity index (χ3v) is 7.11. The van der Waals surface area contributed by atoms with Crippen LogP contribution in [0, 0.1) is 0 Å². The van der Waals surface area contributed by atoms with Crippen molar-refractivity contribution in [2.45, 2.75) is 63.1 Å². The molecule has 0 unspecified atom stereocenters. The lowest BCUT2D eigenvalue weighted by Crippen LogP contribution is -2.31. The van der Waals surface area contributed by atoms with Crippen LogP contribution in [0.15, 0.2) is 29.7 Å². The Hall–Kier alpha value is -1.44. The van der Waals surface area contributed by atoms with Gasteiger partial charge in [-0.05, 0) is 89.9 Å². The van der Waals surface area contributed by atoms with Crippen molar-refractivity contribution in [3.63, 3.8) is 0 Å². The first-order valence-electron chi connectivity index (χ1n) is 11.8. The van der Waals surface area contributed by atoms with E-state index in [-0.39, 0.29) is 0 Å². The number of piperidine rings is 2. The molecule has 0 atom stereocenters. The SMILES string of the molecule is c1cc(-c2nc(SCCCN3CCCCC3)nn2CCCN2CCCCC2)ccn1. The van der Waals surface area contributed by atoms with Crippen LogP contribution in [-0.2, 0) is 6.54 Å². The van der Waals surface area contributed by atoms with Gasteiger partial charge in [-0.2, -0.15) is 0 Å². The highest BCUT2D eigenvalue weighted by molar-refractivity contribution is 7.99. The fourth-order valence-electron chi connectivity index (χ4n) is 4.51. The largest absolute Gasteiger partial charge is 0.303 e. The first-order chi connectivity index (χ1) is 14.9. The maximum absolute atomic E-state index is 4.89. The van der Waals surface area contributed by atoms with Crippen LogP contribution in [-0.4, -0.2) is 74.6 Å². The summed E-state index contributed by atoms with van der Waals surface area (Å²) in [6.45, 7) is 8.37. The molecule has 0 spiro atoms. The number of thioether (sulfide) groups is 1. The molecule has 2 aliphatic heterocycles. The summed E-state index contributed by atoms with van der Waals surface area (Å²) in [6.07, 6.45) is 14.2. The normalized spacial score (nSPS) is 18.7. The second kappa shape index (κ2) is 11.8. The number of likely N-dealkylation sites (tertiary alicyclic amines) is 2. The Labute approximate surface area is 185 Å². The van der Waals surface area contributed by atoms with E-state index in [2.05, 4.69) is 19.5 Å². The van der Waals surface area contributed by atoms with Crippen molar-refractivity contribution in [2.24, 2.45) is 0 Å². The summed E-state index contributed by atoms with van der Waals surface area (Å²) in [5, 5.41) is 5.78. The molecule has 0 bridgehead atoms. The molecule has 164 valence electrons. The maximum Gasteiger partial charge on any atom is 0.208 e. The third-order valence-electron chi connectivity index (χ3n) is 6.18. The van der Waals surface area contributed by atoms with Crippen molar-refractivity contribution < 1.29 is 0 Å². The van der Waals surface area contributed by atoms with Crippen LogP contribution in [0.25, 0.3) is 11.4 Å². The Morgan fingerprint density at radius 3 is 2.07 bits per heavy atom. The molecule has 0 aliphatic carbocycles. The van der Waals surface area contributed by atoms with Crippen molar-refractivity contribution in [1.29, 1.82) is 0 Å². The van der Waals surface area contributed by atoms with Gasteiger partial charge in [-0.1, -0.05) is 24.6 Å². The topological polar surface area (TPSA) is 50.1 Å². The first-order valence-corrected chi connectivity index (χ1v) is 12.8. The summed E-state index contributed by atoms with van der Waals surface area (Å²) in [5.74, 6) is 2.07. The van der Waals surface area contributed by atoms with E-state index in [1.165, 1.54) is 77.7 Å². The van der Waals surface area contributed by atoms with Crippen LogP contribution >= 0.6 is 11.8 Å². The minimum absolute atomic E-state index is 0.915. The van der Waals surface area contributed by atoms with Gasteiger partial charge in [0, 0.05) is 30.3 Å². The summed E-state index contributed by atoms with van der Waals surface area (Å²) in [6, 6.07) is 4.08. The number of pyridine rings is 1. The van der Waals surface area contributed by atoms with Gasteiger partial charge in [-0.3, -0.25) is 4.98 Å². The van der Waals surface area contributed by atoms with Gasteiger partial charge in [-0.15, -0.1) is 5.10 Å². The molecule has 30 heavy (non-hydrogen) atoms. The van der Waals surface area contributed by atoms with E-state index in [4.69, 9.17) is 10.1 Å². The minimum atomic E-state index is 0.915. The molecule has 0 radical (unpaired) electrons. The summed E-state index contributed by atoms with van der Waals surface area (Å²) in [4.78, 5) is 14.3. The Bertz CT molecular complexity index is 737. The summed E-state index contributed by atoms with van der Waals surface area (Å²) in [5.41, 5.74) is 1.11. The highest BCUT2D eigenvalue weighted by Gasteiger charge is 2.15. The molecular weight excluding hydrogens is 392 g/mol. The van der Waals surface area contributed by atoms with Crippen LogP contribution < -0.4 is 0 Å². The molecule has 4 heterocycles. The molecule has 0 N–H and O–H groups in total. The minimum Gasteiger partial charge on any atom is -0.303 e.